The highest BCUT2D eigenvalue weighted by molar-refractivity contribution is 7.47. The van der Waals surface area contributed by atoms with Crippen LogP contribution in [-0.2, 0) is 36.3 Å². The third-order valence-corrected chi connectivity index (χ3v) is 8.46. The van der Waals surface area contributed by atoms with Gasteiger partial charge >= 0.3 is 23.5 Å². The molecule has 0 heterocycles. The summed E-state index contributed by atoms with van der Waals surface area (Å²) in [7, 11) is -13.9. The van der Waals surface area contributed by atoms with Crippen LogP contribution in [0.1, 0.15) is 53.4 Å². The second-order valence-electron chi connectivity index (χ2n) is 8.98. The van der Waals surface area contributed by atoms with Crippen LogP contribution in [0.3, 0.4) is 0 Å². The number of phosphoric acid groups is 3. The number of hydrogen-bond donors (Lipinski definition) is 7. The highest BCUT2D eigenvalue weighted by Crippen LogP contribution is 2.52. The lowest BCUT2D eigenvalue weighted by Crippen LogP contribution is -2.34. The van der Waals surface area contributed by atoms with E-state index in [4.69, 9.17) is 44.5 Å². The lowest BCUT2D eigenvalue weighted by Gasteiger charge is -2.34. The van der Waals surface area contributed by atoms with E-state index in [1.165, 1.54) is 13.8 Å². The highest BCUT2D eigenvalue weighted by atomic mass is 31.2. The van der Waals surface area contributed by atoms with Gasteiger partial charge in [-0.2, -0.15) is 0 Å². The van der Waals surface area contributed by atoms with E-state index in [-0.39, 0.29) is 65.2 Å². The molecule has 9 N–H and O–H groups in total. The second kappa shape index (κ2) is 15.7. The third kappa shape index (κ3) is 15.6. The Hall–Kier alpha value is 0.210. The van der Waals surface area contributed by atoms with E-state index < -0.39 is 46.5 Å². The average Bonchev–Trinajstić information content (AvgIpc) is 2.75. The molecule has 0 aliphatic heterocycles. The van der Waals surface area contributed by atoms with E-state index in [2.05, 4.69) is 4.52 Å². The molecule has 0 aliphatic rings. The van der Waals surface area contributed by atoms with Crippen molar-refractivity contribution in [2.75, 3.05) is 39.5 Å². The Morgan fingerprint density at radius 1 is 0.778 bits per heavy atom. The molecule has 0 spiro atoms. The SMILES string of the molecule is CCC(C)(CCOP(=O)(O)OC(C)(CC)CC(CN)COP(=O)(O)O)OP(=O)(O)OCC(CN)CO. The van der Waals surface area contributed by atoms with Crippen LogP contribution in [-0.4, -0.2) is 75.4 Å². The molecule has 6 unspecified atom stereocenters. The zero-order valence-corrected chi connectivity index (χ0v) is 23.9. The first kappa shape index (κ1) is 36.2. The standard InChI is InChI=1S/C18H43N2O13P3/c1-5-17(3,32-36(27,28)31-14-16(11-20)12-21)7-8-29-35(25,26)33-18(4,6-2)9-15(10-19)13-30-34(22,23)24/h15-16,21H,5-14,19-20H2,1-4H3,(H,25,26)(H,27,28)(H2,22,23,24). The van der Waals surface area contributed by atoms with Crippen molar-refractivity contribution in [2.45, 2.75) is 64.6 Å². The summed E-state index contributed by atoms with van der Waals surface area (Å²) in [6.07, 6.45) is 0.444. The van der Waals surface area contributed by atoms with Crippen LogP contribution in [0, 0.1) is 11.8 Å². The van der Waals surface area contributed by atoms with Gasteiger partial charge in [0.15, 0.2) is 0 Å². The lowest BCUT2D eigenvalue weighted by molar-refractivity contribution is -0.00852. The molecule has 0 aromatic heterocycles. The van der Waals surface area contributed by atoms with Crippen LogP contribution in [0.2, 0.25) is 0 Å². The number of hydrogen-bond acceptors (Lipinski definition) is 11. The predicted molar refractivity (Wildman–Crippen MR) is 131 cm³/mol. The Labute approximate surface area is 212 Å². The summed E-state index contributed by atoms with van der Waals surface area (Å²) in [5.74, 6) is -1.12. The van der Waals surface area contributed by atoms with Gasteiger partial charge < -0.3 is 36.1 Å². The quantitative estimate of drug-likeness (QED) is 0.0941. The monoisotopic (exact) mass is 588 g/mol. The average molecular weight is 588 g/mol. The zero-order chi connectivity index (χ0) is 28.3. The Morgan fingerprint density at radius 2 is 1.25 bits per heavy atom. The van der Waals surface area contributed by atoms with Crippen molar-refractivity contribution in [3.05, 3.63) is 0 Å². The molecule has 0 aliphatic carbocycles. The number of rotatable bonds is 21. The predicted octanol–water partition coefficient (Wildman–Crippen LogP) is 1.62. The first-order chi connectivity index (χ1) is 16.4. The molecule has 0 rings (SSSR count). The van der Waals surface area contributed by atoms with E-state index in [1.807, 2.05) is 0 Å². The van der Waals surface area contributed by atoms with Gasteiger partial charge in [0.1, 0.15) is 0 Å². The van der Waals surface area contributed by atoms with E-state index in [9.17, 15) is 23.5 Å². The summed E-state index contributed by atoms with van der Waals surface area (Å²) in [6.45, 7) is 5.03. The number of nitrogens with two attached hydrogens (primary N) is 2. The van der Waals surface area contributed by atoms with Crippen LogP contribution in [0.15, 0.2) is 0 Å². The van der Waals surface area contributed by atoms with Gasteiger partial charge in [-0.15, -0.1) is 0 Å². The molecule has 218 valence electrons. The molecule has 0 amide bonds. The van der Waals surface area contributed by atoms with Crippen LogP contribution < -0.4 is 11.5 Å². The summed E-state index contributed by atoms with van der Waals surface area (Å²) >= 11 is 0. The Kier molecular flexibility index (Phi) is 15.8. The molecule has 0 saturated carbocycles. The maximum absolute atomic E-state index is 12.6. The smallest absolute Gasteiger partial charge is 0.396 e. The minimum Gasteiger partial charge on any atom is -0.396 e. The lowest BCUT2D eigenvalue weighted by atomic mass is 9.90. The van der Waals surface area contributed by atoms with Crippen LogP contribution >= 0.6 is 23.5 Å². The molecular formula is C18H43N2O13P3. The minimum absolute atomic E-state index is 0.0185. The molecule has 15 nitrogen and oxygen atoms in total. The molecule has 36 heavy (non-hydrogen) atoms. The fraction of sp³-hybridized carbons (Fsp3) is 1.00. The van der Waals surface area contributed by atoms with Crippen molar-refractivity contribution in [3.63, 3.8) is 0 Å². The normalized spacial score (nSPS) is 21.1. The molecule has 0 saturated heterocycles. The summed E-state index contributed by atoms with van der Waals surface area (Å²) in [5, 5.41) is 9.12. The van der Waals surface area contributed by atoms with Gasteiger partial charge in [-0.1, -0.05) is 13.8 Å². The Bertz CT molecular complexity index is 781. The molecular weight excluding hydrogens is 545 g/mol. The maximum atomic E-state index is 12.6. The van der Waals surface area contributed by atoms with Crippen molar-refractivity contribution < 1.29 is 61.0 Å². The van der Waals surface area contributed by atoms with Crippen LogP contribution in [0.4, 0.5) is 0 Å². The van der Waals surface area contributed by atoms with E-state index in [0.29, 0.717) is 0 Å². The summed E-state index contributed by atoms with van der Waals surface area (Å²) < 4.78 is 60.9. The number of aliphatic hydroxyl groups excluding tert-OH is 1. The first-order valence-corrected chi connectivity index (χ1v) is 16.0. The van der Waals surface area contributed by atoms with E-state index in [1.54, 1.807) is 13.8 Å². The minimum atomic E-state index is -4.71. The molecule has 0 bridgehead atoms. The zero-order valence-electron chi connectivity index (χ0n) is 21.2. The Morgan fingerprint density at radius 3 is 1.69 bits per heavy atom. The van der Waals surface area contributed by atoms with Crippen LogP contribution in [0.25, 0.3) is 0 Å². The van der Waals surface area contributed by atoms with E-state index >= 15 is 0 Å². The van der Waals surface area contributed by atoms with Crippen molar-refractivity contribution >= 4 is 23.5 Å². The van der Waals surface area contributed by atoms with Crippen LogP contribution in [0.5, 0.6) is 0 Å². The molecule has 0 fully saturated rings. The van der Waals surface area contributed by atoms with Crippen molar-refractivity contribution in [1.29, 1.82) is 0 Å². The summed E-state index contributed by atoms with van der Waals surface area (Å²) in [6, 6.07) is 0. The van der Waals surface area contributed by atoms with Gasteiger partial charge in [0, 0.05) is 18.9 Å². The van der Waals surface area contributed by atoms with Gasteiger partial charge in [0.25, 0.3) is 0 Å². The van der Waals surface area contributed by atoms with Crippen molar-refractivity contribution in [2.24, 2.45) is 23.3 Å². The van der Waals surface area contributed by atoms with Crippen molar-refractivity contribution in [3.8, 4) is 0 Å². The molecule has 18 heteroatoms. The molecule has 0 radical (unpaired) electrons. The summed E-state index contributed by atoms with van der Waals surface area (Å²) in [4.78, 5) is 38.0. The molecule has 0 aromatic carbocycles. The molecule has 0 aromatic rings. The largest absolute Gasteiger partial charge is 0.472 e. The van der Waals surface area contributed by atoms with Crippen molar-refractivity contribution in [1.82, 2.24) is 0 Å². The van der Waals surface area contributed by atoms with Gasteiger partial charge in [-0.25, -0.2) is 13.7 Å². The maximum Gasteiger partial charge on any atom is 0.472 e. The van der Waals surface area contributed by atoms with Gasteiger partial charge in [-0.05, 0) is 52.1 Å². The Balaban J connectivity index is 5.04. The second-order valence-corrected chi connectivity index (χ2v) is 13.0. The highest BCUT2D eigenvalue weighted by Gasteiger charge is 2.39. The van der Waals surface area contributed by atoms with Gasteiger partial charge in [-0.3, -0.25) is 22.6 Å². The first-order valence-electron chi connectivity index (χ1n) is 11.4. The number of aliphatic hydroxyl groups is 1. The van der Waals surface area contributed by atoms with Gasteiger partial charge in [0.05, 0.1) is 31.0 Å². The number of phosphoric ester groups is 3. The fourth-order valence-electron chi connectivity index (χ4n) is 2.94. The van der Waals surface area contributed by atoms with Gasteiger partial charge in [0.2, 0.25) is 0 Å². The molecule has 6 atom stereocenters. The summed E-state index contributed by atoms with van der Waals surface area (Å²) in [5.41, 5.74) is 8.55. The third-order valence-electron chi connectivity index (χ3n) is 5.65. The van der Waals surface area contributed by atoms with E-state index in [0.717, 1.165) is 0 Å². The fourth-order valence-corrected chi connectivity index (χ4v) is 5.71. The topological polar surface area (TPSA) is 251 Å².